The van der Waals surface area contributed by atoms with E-state index in [1.807, 2.05) is 0 Å². The summed E-state index contributed by atoms with van der Waals surface area (Å²) < 4.78 is 38.9. The minimum Gasteiger partial charge on any atom is -0.326 e. The third-order valence-electron chi connectivity index (χ3n) is 3.95. The standard InChI is InChI=1S/C18H19FN2O3S/c1-25(23,24)21(16-10-11-16)15-8-6-14(7-9-15)20-18(22)12-13-4-2-3-5-17(13)19/h2-9,16H,10-12H2,1H3,(H,20,22). The SMILES string of the molecule is CS(=O)(=O)N(c1ccc(NC(=O)Cc2ccccc2F)cc1)C1CC1. The fourth-order valence-corrected chi connectivity index (χ4v) is 3.95. The van der Waals surface area contributed by atoms with Gasteiger partial charge < -0.3 is 5.32 Å². The highest BCUT2D eigenvalue weighted by atomic mass is 32.2. The van der Waals surface area contributed by atoms with E-state index in [2.05, 4.69) is 5.32 Å². The van der Waals surface area contributed by atoms with Crippen molar-refractivity contribution in [2.45, 2.75) is 25.3 Å². The van der Waals surface area contributed by atoms with Gasteiger partial charge in [0.15, 0.2) is 0 Å². The van der Waals surface area contributed by atoms with Crippen molar-refractivity contribution in [3.05, 3.63) is 59.9 Å². The van der Waals surface area contributed by atoms with E-state index in [0.717, 1.165) is 12.8 Å². The molecule has 0 aliphatic heterocycles. The monoisotopic (exact) mass is 362 g/mol. The van der Waals surface area contributed by atoms with Gasteiger partial charge in [0, 0.05) is 11.7 Å². The molecule has 5 nitrogen and oxygen atoms in total. The zero-order valence-corrected chi connectivity index (χ0v) is 14.6. The number of carbonyl (C=O) groups excluding carboxylic acids is 1. The number of benzene rings is 2. The van der Waals surface area contributed by atoms with Crippen molar-refractivity contribution in [3.8, 4) is 0 Å². The Bertz CT molecular complexity index is 877. The molecule has 2 aromatic carbocycles. The Morgan fingerprint density at radius 3 is 2.36 bits per heavy atom. The molecule has 25 heavy (non-hydrogen) atoms. The quantitative estimate of drug-likeness (QED) is 0.859. The molecule has 1 N–H and O–H groups in total. The van der Waals surface area contributed by atoms with Crippen molar-refractivity contribution in [2.24, 2.45) is 0 Å². The van der Waals surface area contributed by atoms with Crippen LogP contribution in [-0.4, -0.2) is 26.6 Å². The summed E-state index contributed by atoms with van der Waals surface area (Å²) >= 11 is 0. The first-order valence-electron chi connectivity index (χ1n) is 7.97. The van der Waals surface area contributed by atoms with E-state index in [1.54, 1.807) is 42.5 Å². The van der Waals surface area contributed by atoms with Crippen molar-refractivity contribution in [1.82, 2.24) is 0 Å². The molecule has 0 bridgehead atoms. The molecule has 1 amide bonds. The number of halogens is 1. The van der Waals surface area contributed by atoms with E-state index in [-0.39, 0.29) is 18.4 Å². The Hall–Kier alpha value is -2.41. The lowest BCUT2D eigenvalue weighted by Crippen LogP contribution is -2.31. The summed E-state index contributed by atoms with van der Waals surface area (Å²) in [6.07, 6.45) is 2.84. The van der Waals surface area contributed by atoms with Crippen molar-refractivity contribution >= 4 is 27.3 Å². The molecule has 0 spiro atoms. The number of carbonyl (C=O) groups is 1. The van der Waals surface area contributed by atoms with Gasteiger partial charge in [-0.2, -0.15) is 0 Å². The molecule has 0 saturated heterocycles. The summed E-state index contributed by atoms with van der Waals surface area (Å²) in [4.78, 5) is 12.0. The van der Waals surface area contributed by atoms with Crippen molar-refractivity contribution in [2.75, 3.05) is 15.9 Å². The van der Waals surface area contributed by atoms with Crippen LogP contribution in [0.4, 0.5) is 15.8 Å². The van der Waals surface area contributed by atoms with Gasteiger partial charge in [0.05, 0.1) is 18.4 Å². The van der Waals surface area contributed by atoms with Crippen LogP contribution in [0.2, 0.25) is 0 Å². The summed E-state index contributed by atoms with van der Waals surface area (Å²) in [5, 5.41) is 2.69. The summed E-state index contributed by atoms with van der Waals surface area (Å²) in [6, 6.07) is 12.8. The van der Waals surface area contributed by atoms with Gasteiger partial charge in [0.2, 0.25) is 15.9 Å². The van der Waals surface area contributed by atoms with Crippen LogP contribution in [0.25, 0.3) is 0 Å². The number of amides is 1. The number of hydrogen-bond acceptors (Lipinski definition) is 3. The van der Waals surface area contributed by atoms with Crippen molar-refractivity contribution in [1.29, 1.82) is 0 Å². The fraction of sp³-hybridized carbons (Fsp3) is 0.278. The molecule has 0 radical (unpaired) electrons. The average molecular weight is 362 g/mol. The largest absolute Gasteiger partial charge is 0.326 e. The summed E-state index contributed by atoms with van der Waals surface area (Å²) in [5.41, 5.74) is 1.44. The van der Waals surface area contributed by atoms with E-state index in [9.17, 15) is 17.6 Å². The minimum atomic E-state index is -3.33. The van der Waals surface area contributed by atoms with Gasteiger partial charge in [0.25, 0.3) is 0 Å². The normalized spacial score (nSPS) is 14.2. The lowest BCUT2D eigenvalue weighted by molar-refractivity contribution is -0.115. The third-order valence-corrected chi connectivity index (χ3v) is 5.17. The van der Waals surface area contributed by atoms with Gasteiger partial charge >= 0.3 is 0 Å². The Kier molecular flexibility index (Phi) is 4.76. The van der Waals surface area contributed by atoms with Crippen LogP contribution in [0.3, 0.4) is 0 Å². The topological polar surface area (TPSA) is 66.5 Å². The lowest BCUT2D eigenvalue weighted by Gasteiger charge is -2.22. The summed E-state index contributed by atoms with van der Waals surface area (Å²) in [6.45, 7) is 0. The maximum absolute atomic E-state index is 13.6. The van der Waals surface area contributed by atoms with Gasteiger partial charge in [-0.3, -0.25) is 9.10 Å². The summed E-state index contributed by atoms with van der Waals surface area (Å²) in [7, 11) is -3.33. The van der Waals surface area contributed by atoms with Gasteiger partial charge in [-0.25, -0.2) is 12.8 Å². The molecule has 2 aromatic rings. The number of anilines is 2. The lowest BCUT2D eigenvalue weighted by atomic mass is 10.1. The van der Waals surface area contributed by atoms with E-state index in [4.69, 9.17) is 0 Å². The average Bonchev–Trinajstić information content (AvgIpc) is 3.35. The van der Waals surface area contributed by atoms with Crippen LogP contribution in [0.5, 0.6) is 0 Å². The van der Waals surface area contributed by atoms with E-state index in [1.165, 1.54) is 16.6 Å². The predicted molar refractivity (Wildman–Crippen MR) is 95.5 cm³/mol. The molecule has 1 aliphatic carbocycles. The molecule has 3 rings (SSSR count). The molecule has 1 aliphatic rings. The van der Waals surface area contributed by atoms with Gasteiger partial charge in [-0.05, 0) is 48.7 Å². The Labute approximate surface area is 146 Å². The highest BCUT2D eigenvalue weighted by Gasteiger charge is 2.35. The first kappa shape index (κ1) is 17.4. The van der Waals surface area contributed by atoms with Gasteiger partial charge in [-0.15, -0.1) is 0 Å². The molecule has 132 valence electrons. The highest BCUT2D eigenvalue weighted by Crippen LogP contribution is 2.34. The molecular formula is C18H19FN2O3S. The van der Waals surface area contributed by atoms with Crippen molar-refractivity contribution in [3.63, 3.8) is 0 Å². The molecule has 0 heterocycles. The number of nitrogens with zero attached hydrogens (tertiary/aromatic N) is 1. The van der Waals surface area contributed by atoms with E-state index < -0.39 is 15.8 Å². The van der Waals surface area contributed by atoms with Gasteiger partial charge in [0.1, 0.15) is 5.82 Å². The molecule has 1 fully saturated rings. The first-order valence-corrected chi connectivity index (χ1v) is 9.82. The highest BCUT2D eigenvalue weighted by molar-refractivity contribution is 7.92. The van der Waals surface area contributed by atoms with Crippen LogP contribution in [0.15, 0.2) is 48.5 Å². The fourth-order valence-electron chi connectivity index (χ4n) is 2.69. The van der Waals surface area contributed by atoms with Crippen molar-refractivity contribution < 1.29 is 17.6 Å². The second kappa shape index (κ2) is 6.84. The number of rotatable bonds is 6. The number of sulfonamides is 1. The van der Waals surface area contributed by atoms with Crippen LogP contribution >= 0.6 is 0 Å². The Morgan fingerprint density at radius 2 is 1.80 bits per heavy atom. The van der Waals surface area contributed by atoms with Crippen LogP contribution in [-0.2, 0) is 21.2 Å². The zero-order valence-electron chi connectivity index (χ0n) is 13.8. The van der Waals surface area contributed by atoms with Crippen LogP contribution < -0.4 is 9.62 Å². The second-order valence-corrected chi connectivity index (χ2v) is 8.01. The van der Waals surface area contributed by atoms with Crippen LogP contribution in [0.1, 0.15) is 18.4 Å². The number of hydrogen-bond donors (Lipinski definition) is 1. The molecule has 0 atom stereocenters. The van der Waals surface area contributed by atoms with Gasteiger partial charge in [-0.1, -0.05) is 18.2 Å². The van der Waals surface area contributed by atoms with E-state index in [0.29, 0.717) is 16.9 Å². The molecular weight excluding hydrogens is 343 g/mol. The molecule has 0 aromatic heterocycles. The molecule has 1 saturated carbocycles. The number of nitrogens with one attached hydrogen (secondary N) is 1. The smallest absolute Gasteiger partial charge is 0.232 e. The maximum Gasteiger partial charge on any atom is 0.232 e. The second-order valence-electron chi connectivity index (χ2n) is 6.15. The summed E-state index contributed by atoms with van der Waals surface area (Å²) in [5.74, 6) is -0.749. The minimum absolute atomic E-state index is 0.0245. The maximum atomic E-state index is 13.6. The first-order chi connectivity index (χ1) is 11.8. The molecule has 0 unspecified atom stereocenters. The Morgan fingerprint density at radius 1 is 1.16 bits per heavy atom. The third kappa shape index (κ3) is 4.36. The zero-order chi connectivity index (χ0) is 18.0. The Balaban J connectivity index is 1.68. The molecule has 7 heteroatoms. The van der Waals surface area contributed by atoms with Crippen LogP contribution in [0, 0.1) is 5.82 Å². The van der Waals surface area contributed by atoms with E-state index >= 15 is 0 Å². The predicted octanol–water partition coefficient (Wildman–Crippen LogP) is 2.94.